The van der Waals surface area contributed by atoms with Gasteiger partial charge in [0.25, 0.3) is 0 Å². The van der Waals surface area contributed by atoms with Crippen molar-refractivity contribution in [2.75, 3.05) is 6.61 Å². The van der Waals surface area contributed by atoms with E-state index in [0.717, 1.165) is 0 Å². The Labute approximate surface area is 157 Å². The molecule has 3 rings (SSSR count). The number of oxime groups is 1. The van der Waals surface area contributed by atoms with E-state index < -0.39 is 16.1 Å². The molecule has 0 saturated heterocycles. The van der Waals surface area contributed by atoms with Crippen LogP contribution in [0.15, 0.2) is 64.2 Å². The molecule has 27 heavy (non-hydrogen) atoms. The molecule has 0 unspecified atom stereocenters. The van der Waals surface area contributed by atoms with Crippen molar-refractivity contribution in [3.63, 3.8) is 0 Å². The van der Waals surface area contributed by atoms with Gasteiger partial charge in [0.1, 0.15) is 4.90 Å². The van der Waals surface area contributed by atoms with E-state index in [2.05, 4.69) is 9.99 Å². The molecule has 0 N–H and O–H groups in total. The fraction of sp³-hybridized carbons (Fsp3) is 0.158. The number of rotatable bonds is 6. The fourth-order valence-electron chi connectivity index (χ4n) is 2.39. The topological polar surface area (TPSA) is 91.3 Å². The first-order valence-corrected chi connectivity index (χ1v) is 9.56. The van der Waals surface area contributed by atoms with Gasteiger partial charge in [-0.25, -0.2) is 4.79 Å². The van der Waals surface area contributed by atoms with Crippen LogP contribution in [0.5, 0.6) is 11.5 Å². The summed E-state index contributed by atoms with van der Waals surface area (Å²) in [7, 11) is -4.00. The Hall–Kier alpha value is -3.13. The summed E-state index contributed by atoms with van der Waals surface area (Å²) in [6.07, 6.45) is 1.59. The van der Waals surface area contributed by atoms with Crippen LogP contribution in [0.4, 0.5) is 0 Å². The molecule has 0 bridgehead atoms. The Morgan fingerprint density at radius 1 is 1.11 bits per heavy atom. The maximum absolute atomic E-state index is 12.4. The Bertz CT molecular complexity index is 1030. The lowest BCUT2D eigenvalue weighted by molar-refractivity contribution is -0.136. The maximum Gasteiger partial charge on any atom is 0.367 e. The van der Waals surface area contributed by atoms with E-state index in [1.54, 1.807) is 50.3 Å². The Kier molecular flexibility index (Phi) is 5.27. The zero-order valence-corrected chi connectivity index (χ0v) is 15.5. The monoisotopic (exact) mass is 387 g/mol. The standard InChI is InChI=1S/C19H17NO6S/c1-3-24-18-12-14(11-16-13(2)20-25-19(16)21)9-10-17(18)26-27(22,23)15-7-5-4-6-8-15/h4-12H,3H2,1-2H3/b16-11-. The minimum absolute atomic E-state index is 0.0409. The number of ether oxygens (including phenoxy) is 1. The SMILES string of the molecule is CCOc1cc(/C=C2\C(=O)ON=C2C)ccc1OS(=O)(=O)c1ccccc1. The molecule has 1 aliphatic rings. The van der Waals surface area contributed by atoms with E-state index in [4.69, 9.17) is 8.92 Å². The molecule has 7 nitrogen and oxygen atoms in total. The predicted molar refractivity (Wildman–Crippen MR) is 99.0 cm³/mol. The highest BCUT2D eigenvalue weighted by atomic mass is 32.2. The molecule has 0 aliphatic carbocycles. The van der Waals surface area contributed by atoms with E-state index in [0.29, 0.717) is 23.5 Å². The lowest BCUT2D eigenvalue weighted by atomic mass is 10.1. The molecule has 2 aromatic rings. The molecule has 0 radical (unpaired) electrons. The minimum atomic E-state index is -4.00. The van der Waals surface area contributed by atoms with Crippen LogP contribution in [0, 0.1) is 0 Å². The van der Waals surface area contributed by atoms with Gasteiger partial charge in [-0.05, 0) is 49.8 Å². The molecule has 0 spiro atoms. The van der Waals surface area contributed by atoms with Gasteiger partial charge >= 0.3 is 16.1 Å². The highest BCUT2D eigenvalue weighted by Gasteiger charge is 2.23. The van der Waals surface area contributed by atoms with Gasteiger partial charge in [-0.3, -0.25) is 0 Å². The summed E-state index contributed by atoms with van der Waals surface area (Å²) in [5.74, 6) is -0.244. The van der Waals surface area contributed by atoms with Crippen LogP contribution >= 0.6 is 0 Å². The van der Waals surface area contributed by atoms with E-state index in [1.807, 2.05) is 0 Å². The molecule has 1 heterocycles. The molecular weight excluding hydrogens is 370 g/mol. The number of hydrogen-bond donors (Lipinski definition) is 0. The van der Waals surface area contributed by atoms with Crippen molar-refractivity contribution in [2.45, 2.75) is 18.7 Å². The fourth-order valence-corrected chi connectivity index (χ4v) is 3.35. The van der Waals surface area contributed by atoms with Crippen molar-refractivity contribution in [3.05, 3.63) is 59.7 Å². The third-order valence-corrected chi connectivity index (χ3v) is 4.93. The van der Waals surface area contributed by atoms with Crippen LogP contribution in [0.1, 0.15) is 19.4 Å². The van der Waals surface area contributed by atoms with Crippen molar-refractivity contribution in [3.8, 4) is 11.5 Å². The maximum atomic E-state index is 12.4. The van der Waals surface area contributed by atoms with Gasteiger partial charge in [-0.2, -0.15) is 8.42 Å². The molecule has 0 atom stereocenters. The third-order valence-electron chi connectivity index (χ3n) is 3.69. The highest BCUT2D eigenvalue weighted by Crippen LogP contribution is 2.32. The van der Waals surface area contributed by atoms with Gasteiger partial charge in [-0.1, -0.05) is 29.4 Å². The van der Waals surface area contributed by atoms with Crippen LogP contribution < -0.4 is 8.92 Å². The molecule has 1 aliphatic heterocycles. The summed E-state index contributed by atoms with van der Waals surface area (Å²) >= 11 is 0. The average molecular weight is 387 g/mol. The number of nitrogens with zero attached hydrogens (tertiary/aromatic N) is 1. The summed E-state index contributed by atoms with van der Waals surface area (Å²) in [5.41, 5.74) is 1.40. The van der Waals surface area contributed by atoms with Gasteiger partial charge in [0.15, 0.2) is 11.5 Å². The number of carbonyl (C=O) groups excluding carboxylic acids is 1. The molecule has 2 aromatic carbocycles. The average Bonchev–Trinajstić information content (AvgIpc) is 2.96. The normalized spacial score (nSPS) is 15.4. The summed E-state index contributed by atoms with van der Waals surface area (Å²) < 4.78 is 35.6. The van der Waals surface area contributed by atoms with Crippen LogP contribution in [0.2, 0.25) is 0 Å². The molecule has 0 amide bonds. The van der Waals surface area contributed by atoms with Crippen molar-refractivity contribution in [1.82, 2.24) is 0 Å². The van der Waals surface area contributed by atoms with Crippen molar-refractivity contribution >= 4 is 27.9 Å². The van der Waals surface area contributed by atoms with E-state index in [-0.39, 0.29) is 16.4 Å². The summed E-state index contributed by atoms with van der Waals surface area (Å²) in [5, 5.41) is 3.62. The predicted octanol–water partition coefficient (Wildman–Crippen LogP) is 3.17. The molecule has 140 valence electrons. The lowest BCUT2D eigenvalue weighted by Crippen LogP contribution is -2.10. The third kappa shape index (κ3) is 4.17. The molecule has 8 heteroatoms. The summed E-state index contributed by atoms with van der Waals surface area (Å²) in [6.45, 7) is 3.74. The first kappa shape index (κ1) is 18.7. The Morgan fingerprint density at radius 2 is 1.85 bits per heavy atom. The largest absolute Gasteiger partial charge is 0.490 e. The van der Waals surface area contributed by atoms with Gasteiger partial charge in [0.05, 0.1) is 17.9 Å². The van der Waals surface area contributed by atoms with Crippen molar-refractivity contribution in [1.29, 1.82) is 0 Å². The molecule has 0 fully saturated rings. The van der Waals surface area contributed by atoms with Crippen molar-refractivity contribution in [2.24, 2.45) is 5.16 Å². The number of carbonyl (C=O) groups is 1. The van der Waals surface area contributed by atoms with Crippen LogP contribution in [-0.2, 0) is 19.8 Å². The second kappa shape index (κ2) is 7.63. The minimum Gasteiger partial charge on any atom is -0.490 e. The smallest absolute Gasteiger partial charge is 0.367 e. The highest BCUT2D eigenvalue weighted by molar-refractivity contribution is 7.87. The van der Waals surface area contributed by atoms with Crippen LogP contribution in [-0.4, -0.2) is 26.7 Å². The van der Waals surface area contributed by atoms with E-state index >= 15 is 0 Å². The zero-order chi connectivity index (χ0) is 19.4. The second-order valence-corrected chi connectivity index (χ2v) is 7.15. The Morgan fingerprint density at radius 3 is 2.48 bits per heavy atom. The Balaban J connectivity index is 1.94. The van der Waals surface area contributed by atoms with Gasteiger partial charge in [0.2, 0.25) is 0 Å². The van der Waals surface area contributed by atoms with Crippen LogP contribution in [0.25, 0.3) is 6.08 Å². The van der Waals surface area contributed by atoms with Gasteiger partial charge < -0.3 is 13.8 Å². The van der Waals surface area contributed by atoms with Gasteiger partial charge in [-0.15, -0.1) is 0 Å². The molecular formula is C19H17NO6S. The molecule has 0 aromatic heterocycles. The summed E-state index contributed by atoms with van der Waals surface area (Å²) in [6, 6.07) is 12.5. The number of benzene rings is 2. The second-order valence-electron chi connectivity index (χ2n) is 5.60. The summed E-state index contributed by atoms with van der Waals surface area (Å²) in [4.78, 5) is 16.3. The first-order valence-electron chi connectivity index (χ1n) is 8.15. The van der Waals surface area contributed by atoms with Crippen molar-refractivity contribution < 1.29 is 27.0 Å². The zero-order valence-electron chi connectivity index (χ0n) is 14.7. The quantitative estimate of drug-likeness (QED) is 0.430. The lowest BCUT2D eigenvalue weighted by Gasteiger charge is -2.12. The van der Waals surface area contributed by atoms with Crippen LogP contribution in [0.3, 0.4) is 0 Å². The van der Waals surface area contributed by atoms with E-state index in [9.17, 15) is 13.2 Å². The van der Waals surface area contributed by atoms with Gasteiger partial charge in [0, 0.05) is 0 Å². The van der Waals surface area contributed by atoms with E-state index in [1.165, 1.54) is 18.2 Å². The first-order chi connectivity index (χ1) is 12.9. The molecule has 0 saturated carbocycles. The number of hydrogen-bond acceptors (Lipinski definition) is 7.